The third-order valence-electron chi connectivity index (χ3n) is 16.0. The van der Waals surface area contributed by atoms with Crippen molar-refractivity contribution in [1.82, 2.24) is 0 Å². The third kappa shape index (κ3) is 63.1. The minimum absolute atomic E-state index is 0.0606. The highest BCUT2D eigenvalue weighted by molar-refractivity contribution is 5.71. The van der Waals surface area contributed by atoms with Crippen LogP contribution in [0.4, 0.5) is 0 Å². The lowest BCUT2D eigenvalue weighted by Crippen LogP contribution is -2.30. The molecule has 0 bridgehead atoms. The Morgan fingerprint density at radius 1 is 0.253 bits per heavy atom. The molecule has 0 aliphatic heterocycles. The Labute approximate surface area is 469 Å². The molecule has 0 N–H and O–H groups in total. The first-order valence-corrected chi connectivity index (χ1v) is 34.4. The second-order valence-corrected chi connectivity index (χ2v) is 24.3. The second kappa shape index (κ2) is 63.2. The van der Waals surface area contributed by atoms with Crippen molar-refractivity contribution >= 4 is 17.9 Å². The van der Waals surface area contributed by atoms with Crippen LogP contribution in [0, 0.1) is 5.92 Å². The molecule has 0 heterocycles. The van der Waals surface area contributed by atoms with Gasteiger partial charge in [0.2, 0.25) is 0 Å². The maximum absolute atomic E-state index is 12.9. The van der Waals surface area contributed by atoms with Gasteiger partial charge in [-0.3, -0.25) is 14.4 Å². The van der Waals surface area contributed by atoms with Gasteiger partial charge >= 0.3 is 17.9 Å². The van der Waals surface area contributed by atoms with Crippen molar-refractivity contribution in [2.75, 3.05) is 13.2 Å². The number of carbonyl (C=O) groups is 3. The van der Waals surface area contributed by atoms with E-state index in [0.29, 0.717) is 19.3 Å². The normalized spacial score (nSPS) is 12.0. The number of unbranched alkanes of at least 4 members (excludes halogenated alkanes) is 51. The minimum atomic E-state index is -0.763. The fraction of sp³-hybridized carbons (Fsp3) is 0.957. The van der Waals surface area contributed by atoms with Crippen molar-refractivity contribution in [1.29, 1.82) is 0 Å². The summed E-state index contributed by atoms with van der Waals surface area (Å²) in [6, 6.07) is 0. The zero-order chi connectivity index (χ0) is 54.4. The van der Waals surface area contributed by atoms with E-state index in [2.05, 4.69) is 27.7 Å². The summed E-state index contributed by atoms with van der Waals surface area (Å²) in [7, 11) is 0. The van der Waals surface area contributed by atoms with Gasteiger partial charge < -0.3 is 14.2 Å². The lowest BCUT2D eigenvalue weighted by Gasteiger charge is -2.18. The molecule has 446 valence electrons. The predicted molar refractivity (Wildman–Crippen MR) is 326 cm³/mol. The van der Waals surface area contributed by atoms with Crippen LogP contribution in [0.5, 0.6) is 0 Å². The Morgan fingerprint density at radius 3 is 0.653 bits per heavy atom. The summed E-state index contributed by atoms with van der Waals surface area (Å²) in [5.74, 6) is 0.0375. The van der Waals surface area contributed by atoms with Crippen molar-refractivity contribution < 1.29 is 28.6 Å². The zero-order valence-electron chi connectivity index (χ0n) is 51.5. The zero-order valence-corrected chi connectivity index (χ0v) is 51.5. The quantitative estimate of drug-likeness (QED) is 0.0343. The number of rotatable bonds is 64. The molecule has 0 aromatic carbocycles. The number of carbonyl (C=O) groups excluding carboxylic acids is 3. The fourth-order valence-corrected chi connectivity index (χ4v) is 10.9. The summed E-state index contributed by atoms with van der Waals surface area (Å²) in [6.45, 7) is 9.12. The summed E-state index contributed by atoms with van der Waals surface area (Å²) >= 11 is 0. The van der Waals surface area contributed by atoms with E-state index < -0.39 is 6.10 Å². The lowest BCUT2D eigenvalue weighted by molar-refractivity contribution is -0.167. The molecule has 6 heteroatoms. The van der Waals surface area contributed by atoms with E-state index in [1.165, 1.54) is 295 Å². The van der Waals surface area contributed by atoms with Gasteiger partial charge in [-0.2, -0.15) is 0 Å². The first kappa shape index (κ1) is 73.4. The standard InChI is InChI=1S/C69H134O6/c1-5-7-9-11-13-15-17-19-21-23-24-29-32-36-40-44-48-52-56-60-67(70)73-63-66(75-69(72)62-58-54-50-46-42-38-34-27-22-20-18-16-14-12-10-8-6-2)64-74-68(71)61-57-53-49-45-41-37-33-30-26-25-28-31-35-39-43-47-51-55-59-65(3)4/h65-66H,5-64H2,1-4H3/t66-/m0/s1. The minimum Gasteiger partial charge on any atom is -0.462 e. The molecule has 0 aliphatic carbocycles. The Balaban J connectivity index is 4.26. The summed E-state index contributed by atoms with van der Waals surface area (Å²) in [4.78, 5) is 38.4. The van der Waals surface area contributed by atoms with E-state index in [1.807, 2.05) is 0 Å². The first-order valence-electron chi connectivity index (χ1n) is 34.4. The smallest absolute Gasteiger partial charge is 0.306 e. The van der Waals surface area contributed by atoms with Crippen LogP contribution in [-0.4, -0.2) is 37.2 Å². The molecule has 0 aromatic heterocycles. The van der Waals surface area contributed by atoms with Crippen LogP contribution in [0.25, 0.3) is 0 Å². The number of hydrogen-bond donors (Lipinski definition) is 0. The first-order chi connectivity index (χ1) is 36.9. The van der Waals surface area contributed by atoms with Crippen molar-refractivity contribution in [3.8, 4) is 0 Å². The van der Waals surface area contributed by atoms with E-state index in [0.717, 1.165) is 63.7 Å². The molecule has 0 unspecified atom stereocenters. The van der Waals surface area contributed by atoms with Crippen LogP contribution in [0.1, 0.15) is 400 Å². The number of hydrogen-bond acceptors (Lipinski definition) is 6. The molecule has 6 nitrogen and oxygen atoms in total. The Hall–Kier alpha value is -1.59. The van der Waals surface area contributed by atoms with Gasteiger partial charge in [0.05, 0.1) is 0 Å². The Kier molecular flexibility index (Phi) is 61.9. The van der Waals surface area contributed by atoms with Crippen LogP contribution in [0.3, 0.4) is 0 Å². The van der Waals surface area contributed by atoms with Gasteiger partial charge in [-0.15, -0.1) is 0 Å². The van der Waals surface area contributed by atoms with E-state index in [-0.39, 0.29) is 31.1 Å². The maximum atomic E-state index is 12.9. The molecule has 0 fully saturated rings. The van der Waals surface area contributed by atoms with Gasteiger partial charge in [0, 0.05) is 19.3 Å². The third-order valence-corrected chi connectivity index (χ3v) is 16.0. The molecule has 0 rings (SSSR count). The lowest BCUT2D eigenvalue weighted by atomic mass is 10.0. The van der Waals surface area contributed by atoms with Crippen molar-refractivity contribution in [3.63, 3.8) is 0 Å². The molecular weight excluding hydrogens is 925 g/mol. The van der Waals surface area contributed by atoms with Crippen LogP contribution in [-0.2, 0) is 28.6 Å². The molecule has 75 heavy (non-hydrogen) atoms. The highest BCUT2D eigenvalue weighted by Gasteiger charge is 2.19. The molecular formula is C69H134O6. The summed E-state index contributed by atoms with van der Waals surface area (Å²) in [5, 5.41) is 0. The molecule has 0 saturated carbocycles. The second-order valence-electron chi connectivity index (χ2n) is 24.3. The monoisotopic (exact) mass is 1060 g/mol. The number of esters is 3. The van der Waals surface area contributed by atoms with Gasteiger partial charge in [0.1, 0.15) is 13.2 Å². The average Bonchev–Trinajstić information content (AvgIpc) is 3.40. The summed E-state index contributed by atoms with van der Waals surface area (Å²) in [5.41, 5.74) is 0. The van der Waals surface area contributed by atoms with Gasteiger partial charge in [-0.1, -0.05) is 362 Å². The molecule has 1 atom stereocenters. The highest BCUT2D eigenvalue weighted by Crippen LogP contribution is 2.19. The van der Waals surface area contributed by atoms with Gasteiger partial charge in [-0.05, 0) is 25.2 Å². The maximum Gasteiger partial charge on any atom is 0.306 e. The summed E-state index contributed by atoms with van der Waals surface area (Å²) in [6.07, 6.45) is 72.6. The van der Waals surface area contributed by atoms with Crippen LogP contribution >= 0.6 is 0 Å². The molecule has 0 radical (unpaired) electrons. The fourth-order valence-electron chi connectivity index (χ4n) is 10.9. The van der Waals surface area contributed by atoms with Crippen molar-refractivity contribution in [3.05, 3.63) is 0 Å². The SMILES string of the molecule is CCCCCCCCCCCCCCCCCCCCCC(=O)OC[C@@H](COC(=O)CCCCCCCCCCCCCCCCCCCCC(C)C)OC(=O)CCCCCCCCCCCCCCCCCCC. The predicted octanol–water partition coefficient (Wildman–Crippen LogP) is 23.3. The van der Waals surface area contributed by atoms with E-state index in [9.17, 15) is 14.4 Å². The van der Waals surface area contributed by atoms with Crippen LogP contribution in [0.15, 0.2) is 0 Å². The Morgan fingerprint density at radius 2 is 0.440 bits per heavy atom. The number of ether oxygens (including phenoxy) is 3. The van der Waals surface area contributed by atoms with E-state index in [1.54, 1.807) is 0 Å². The molecule has 0 saturated heterocycles. The van der Waals surface area contributed by atoms with E-state index >= 15 is 0 Å². The van der Waals surface area contributed by atoms with Crippen molar-refractivity contribution in [2.24, 2.45) is 5.92 Å². The van der Waals surface area contributed by atoms with Crippen molar-refractivity contribution in [2.45, 2.75) is 406 Å². The molecule has 0 aromatic rings. The molecule has 0 spiro atoms. The van der Waals surface area contributed by atoms with Gasteiger partial charge in [-0.25, -0.2) is 0 Å². The average molecular weight is 1060 g/mol. The topological polar surface area (TPSA) is 78.9 Å². The highest BCUT2D eigenvalue weighted by atomic mass is 16.6. The van der Waals surface area contributed by atoms with E-state index in [4.69, 9.17) is 14.2 Å². The molecule has 0 amide bonds. The Bertz CT molecular complexity index is 1140. The largest absolute Gasteiger partial charge is 0.462 e. The van der Waals surface area contributed by atoms with Crippen LogP contribution in [0.2, 0.25) is 0 Å². The van der Waals surface area contributed by atoms with Crippen LogP contribution < -0.4 is 0 Å². The summed E-state index contributed by atoms with van der Waals surface area (Å²) < 4.78 is 17.0. The van der Waals surface area contributed by atoms with Gasteiger partial charge in [0.15, 0.2) is 6.10 Å². The molecule has 0 aliphatic rings. The van der Waals surface area contributed by atoms with Gasteiger partial charge in [0.25, 0.3) is 0 Å².